The van der Waals surface area contributed by atoms with Gasteiger partial charge in [-0.2, -0.15) is 0 Å². The number of fused-ring (bicyclic) bond motifs is 3. The summed E-state index contributed by atoms with van der Waals surface area (Å²) in [5, 5.41) is 2.76. The number of benzene rings is 1. The normalized spacial score (nSPS) is 17.9. The Labute approximate surface area is 157 Å². The average molecular weight is 369 g/mol. The van der Waals surface area contributed by atoms with Crippen molar-refractivity contribution in [1.82, 2.24) is 15.4 Å². The number of hydrogen-bond acceptors (Lipinski definition) is 5. The molecule has 0 amide bonds. The second kappa shape index (κ2) is 6.85. The van der Waals surface area contributed by atoms with Crippen molar-refractivity contribution < 1.29 is 0 Å². The smallest absolute Gasteiger partial charge is 0.259 e. The molecule has 2 aromatic heterocycles. The molecule has 0 bridgehead atoms. The van der Waals surface area contributed by atoms with E-state index in [9.17, 15) is 4.79 Å². The number of hydrogen-bond donors (Lipinski definition) is 2. The van der Waals surface area contributed by atoms with Gasteiger partial charge >= 0.3 is 0 Å². The number of aromatic amines is 1. The van der Waals surface area contributed by atoms with Gasteiger partial charge in [0.25, 0.3) is 5.56 Å². The van der Waals surface area contributed by atoms with Crippen molar-refractivity contribution in [2.45, 2.75) is 39.2 Å². The van der Waals surface area contributed by atoms with Gasteiger partial charge in [-0.3, -0.25) is 4.79 Å². The van der Waals surface area contributed by atoms with Crippen molar-refractivity contribution in [3.8, 4) is 0 Å². The molecule has 2 atom stereocenters. The van der Waals surface area contributed by atoms with E-state index in [1.807, 2.05) is 49.3 Å². The first-order valence-corrected chi connectivity index (χ1v) is 9.94. The Morgan fingerprint density at radius 1 is 1.35 bits per heavy atom. The Kier molecular flexibility index (Phi) is 4.54. The molecule has 3 aromatic rings. The van der Waals surface area contributed by atoms with Crippen LogP contribution in [-0.2, 0) is 12.8 Å². The molecule has 0 unspecified atom stereocenters. The molecular formula is C20H24N4OS. The Bertz CT molecular complexity index is 979. The second-order valence-corrected chi connectivity index (χ2v) is 8.31. The van der Waals surface area contributed by atoms with E-state index in [0.717, 1.165) is 35.2 Å². The molecule has 4 rings (SSSR count). The summed E-state index contributed by atoms with van der Waals surface area (Å²) in [6.07, 6.45) is 3.21. The van der Waals surface area contributed by atoms with Crippen LogP contribution in [0, 0.1) is 5.92 Å². The fourth-order valence-corrected chi connectivity index (χ4v) is 5.04. The van der Waals surface area contributed by atoms with E-state index in [1.165, 1.54) is 10.4 Å². The molecule has 6 heteroatoms. The predicted octanol–water partition coefficient (Wildman–Crippen LogP) is 3.81. The van der Waals surface area contributed by atoms with Crippen LogP contribution in [0.3, 0.4) is 0 Å². The van der Waals surface area contributed by atoms with Crippen LogP contribution in [0.1, 0.15) is 42.6 Å². The molecule has 0 spiro atoms. The summed E-state index contributed by atoms with van der Waals surface area (Å²) in [7, 11) is 1.97. The number of hydrazine groups is 1. The number of aryl methyl sites for hydroxylation is 1. The third kappa shape index (κ3) is 3.15. The maximum atomic E-state index is 12.7. The van der Waals surface area contributed by atoms with E-state index < -0.39 is 0 Å². The third-order valence-electron chi connectivity index (χ3n) is 5.12. The molecule has 0 aliphatic heterocycles. The molecule has 26 heavy (non-hydrogen) atoms. The Hall–Kier alpha value is -2.18. The zero-order valence-electron chi connectivity index (χ0n) is 15.4. The molecule has 2 heterocycles. The first-order valence-electron chi connectivity index (χ1n) is 9.12. The van der Waals surface area contributed by atoms with Crippen LogP contribution in [0.2, 0.25) is 0 Å². The number of anilines is 1. The number of rotatable bonds is 4. The largest absolute Gasteiger partial charge is 0.311 e. The summed E-state index contributed by atoms with van der Waals surface area (Å²) in [5.41, 5.74) is 5.66. The Morgan fingerprint density at radius 3 is 2.88 bits per heavy atom. The van der Waals surface area contributed by atoms with E-state index in [-0.39, 0.29) is 11.6 Å². The lowest BCUT2D eigenvalue weighted by Gasteiger charge is -2.24. The van der Waals surface area contributed by atoms with E-state index in [1.54, 1.807) is 11.3 Å². The van der Waals surface area contributed by atoms with Crippen molar-refractivity contribution in [1.29, 1.82) is 0 Å². The number of nitrogens with one attached hydrogen (secondary N) is 2. The standard InChI is InChI=1S/C20H24N4OS/c1-12-9-10-15-16(11-12)26-20-17(15)19(25)21-18(22-20)13(2)23-24(3)14-7-5-4-6-8-14/h4-8,12-13,23H,9-11H2,1-3H3,(H,21,22,25)/t12-,13+/m1/s1. The lowest BCUT2D eigenvalue weighted by molar-refractivity contribution is 0.509. The van der Waals surface area contributed by atoms with Gasteiger partial charge in [0.05, 0.1) is 17.1 Å². The fraction of sp³-hybridized carbons (Fsp3) is 0.400. The van der Waals surface area contributed by atoms with E-state index in [0.29, 0.717) is 11.7 Å². The van der Waals surface area contributed by atoms with Gasteiger partial charge in [-0.1, -0.05) is 25.1 Å². The highest BCUT2D eigenvalue weighted by atomic mass is 32.1. The summed E-state index contributed by atoms with van der Waals surface area (Å²) in [6.45, 7) is 4.29. The zero-order chi connectivity index (χ0) is 18.3. The minimum Gasteiger partial charge on any atom is -0.311 e. The Balaban J connectivity index is 1.64. The third-order valence-corrected chi connectivity index (χ3v) is 6.27. The van der Waals surface area contributed by atoms with Crippen LogP contribution < -0.4 is 16.0 Å². The van der Waals surface area contributed by atoms with Crippen LogP contribution in [0.4, 0.5) is 5.69 Å². The number of nitrogens with zero attached hydrogens (tertiary/aromatic N) is 2. The highest BCUT2D eigenvalue weighted by Crippen LogP contribution is 2.35. The molecule has 136 valence electrons. The number of thiophene rings is 1. The molecule has 1 aliphatic carbocycles. The monoisotopic (exact) mass is 368 g/mol. The SMILES string of the molecule is C[C@@H]1CCc2c(sc3nc([C@H](C)NN(C)c4ccccc4)[nH]c(=O)c23)C1. The molecule has 0 saturated carbocycles. The van der Waals surface area contributed by atoms with Crippen molar-refractivity contribution in [3.63, 3.8) is 0 Å². The highest BCUT2D eigenvalue weighted by Gasteiger charge is 2.23. The molecule has 1 aromatic carbocycles. The fourth-order valence-electron chi connectivity index (χ4n) is 3.65. The van der Waals surface area contributed by atoms with Gasteiger partial charge in [0.1, 0.15) is 10.7 Å². The van der Waals surface area contributed by atoms with Crippen LogP contribution in [0.25, 0.3) is 10.2 Å². The minimum atomic E-state index is -0.102. The van der Waals surface area contributed by atoms with E-state index in [4.69, 9.17) is 4.98 Å². The molecular weight excluding hydrogens is 344 g/mol. The van der Waals surface area contributed by atoms with Crippen LogP contribution >= 0.6 is 11.3 Å². The predicted molar refractivity (Wildman–Crippen MR) is 108 cm³/mol. The van der Waals surface area contributed by atoms with Crippen LogP contribution in [0.5, 0.6) is 0 Å². The van der Waals surface area contributed by atoms with Gasteiger partial charge in [-0.05, 0) is 49.8 Å². The lowest BCUT2D eigenvalue weighted by atomic mass is 9.89. The minimum absolute atomic E-state index is 0.00642. The molecule has 0 saturated heterocycles. The number of H-pyrrole nitrogens is 1. The van der Waals surface area contributed by atoms with Crippen molar-refractivity contribution >= 4 is 27.2 Å². The number of aromatic nitrogens is 2. The second-order valence-electron chi connectivity index (χ2n) is 7.23. The van der Waals surface area contributed by atoms with Crippen molar-refractivity contribution in [2.24, 2.45) is 5.92 Å². The van der Waals surface area contributed by atoms with Gasteiger partial charge in [-0.25, -0.2) is 10.4 Å². The first kappa shape index (κ1) is 17.2. The average Bonchev–Trinajstić information content (AvgIpc) is 3.00. The maximum Gasteiger partial charge on any atom is 0.259 e. The topological polar surface area (TPSA) is 61.0 Å². The molecule has 0 fully saturated rings. The molecule has 5 nitrogen and oxygen atoms in total. The summed E-state index contributed by atoms with van der Waals surface area (Å²) in [5.74, 6) is 1.37. The van der Waals surface area contributed by atoms with Gasteiger partial charge in [-0.15, -0.1) is 11.3 Å². The maximum absolute atomic E-state index is 12.7. The number of para-hydroxylation sites is 1. The summed E-state index contributed by atoms with van der Waals surface area (Å²) in [4.78, 5) is 22.8. The van der Waals surface area contributed by atoms with Gasteiger partial charge in [0, 0.05) is 11.9 Å². The van der Waals surface area contributed by atoms with Crippen LogP contribution in [-0.4, -0.2) is 17.0 Å². The van der Waals surface area contributed by atoms with Crippen LogP contribution in [0.15, 0.2) is 35.1 Å². The first-order chi connectivity index (χ1) is 12.5. The van der Waals surface area contributed by atoms with Gasteiger partial charge in [0.15, 0.2) is 0 Å². The molecule has 0 radical (unpaired) electrons. The van der Waals surface area contributed by atoms with E-state index >= 15 is 0 Å². The Morgan fingerprint density at radius 2 is 2.12 bits per heavy atom. The zero-order valence-corrected chi connectivity index (χ0v) is 16.2. The van der Waals surface area contributed by atoms with Crippen molar-refractivity contribution in [3.05, 3.63) is 57.0 Å². The van der Waals surface area contributed by atoms with Gasteiger partial charge < -0.3 is 9.99 Å². The van der Waals surface area contributed by atoms with Crippen molar-refractivity contribution in [2.75, 3.05) is 12.1 Å². The lowest BCUT2D eigenvalue weighted by Crippen LogP contribution is -2.37. The summed E-state index contributed by atoms with van der Waals surface area (Å²) < 4.78 is 0. The quantitative estimate of drug-likeness (QED) is 0.688. The van der Waals surface area contributed by atoms with Gasteiger partial charge in [0.2, 0.25) is 0 Å². The molecule has 1 aliphatic rings. The molecule has 2 N–H and O–H groups in total. The van der Waals surface area contributed by atoms with E-state index in [2.05, 4.69) is 17.3 Å². The summed E-state index contributed by atoms with van der Waals surface area (Å²) >= 11 is 1.69. The highest BCUT2D eigenvalue weighted by molar-refractivity contribution is 7.18. The summed E-state index contributed by atoms with van der Waals surface area (Å²) in [6, 6.07) is 9.97.